The molecule has 0 fully saturated rings. The molecule has 21 heavy (non-hydrogen) atoms. The van der Waals surface area contributed by atoms with Gasteiger partial charge in [-0.2, -0.15) is 4.31 Å². The minimum absolute atomic E-state index is 0.0388. The number of sulfonamides is 1. The summed E-state index contributed by atoms with van der Waals surface area (Å²) < 4.78 is 27.3. The van der Waals surface area contributed by atoms with Crippen LogP contribution in [0, 0.1) is 0 Å². The lowest BCUT2D eigenvalue weighted by Gasteiger charge is -2.27. The highest BCUT2D eigenvalue weighted by molar-refractivity contribution is 7.91. The lowest BCUT2D eigenvalue weighted by atomic mass is 10.0. The predicted octanol–water partition coefficient (Wildman–Crippen LogP) is 2.03. The van der Waals surface area contributed by atoms with Crippen LogP contribution < -0.4 is 0 Å². The molecule has 1 aliphatic heterocycles. The van der Waals surface area contributed by atoms with E-state index in [1.807, 2.05) is 18.2 Å². The van der Waals surface area contributed by atoms with E-state index >= 15 is 0 Å². The molecule has 1 aliphatic rings. The van der Waals surface area contributed by atoms with Crippen molar-refractivity contribution in [2.45, 2.75) is 23.6 Å². The van der Waals surface area contributed by atoms with Crippen molar-refractivity contribution < 1.29 is 13.5 Å². The second-order valence-corrected chi connectivity index (χ2v) is 8.38. The van der Waals surface area contributed by atoms with Crippen LogP contribution in [0.25, 0.3) is 0 Å². The lowest BCUT2D eigenvalue weighted by Crippen LogP contribution is -2.35. The Morgan fingerprint density at radius 3 is 2.67 bits per heavy atom. The second kappa shape index (κ2) is 5.88. The van der Waals surface area contributed by atoms with E-state index in [4.69, 9.17) is 5.11 Å². The van der Waals surface area contributed by atoms with Crippen molar-refractivity contribution in [2.24, 2.45) is 0 Å². The summed E-state index contributed by atoms with van der Waals surface area (Å²) >= 11 is 1.25. The van der Waals surface area contributed by atoms with Gasteiger partial charge in [0, 0.05) is 31.0 Å². The van der Waals surface area contributed by atoms with Gasteiger partial charge in [0.2, 0.25) is 0 Å². The SMILES string of the molecule is O=S(=O)(c1ccc(CCO)s1)N1CCc2ccccc2C1. The Balaban J connectivity index is 1.85. The average molecular weight is 323 g/mol. The monoisotopic (exact) mass is 323 g/mol. The lowest BCUT2D eigenvalue weighted by molar-refractivity contribution is 0.300. The number of aliphatic hydroxyl groups is 1. The minimum atomic E-state index is -3.43. The van der Waals surface area contributed by atoms with Crippen molar-refractivity contribution in [2.75, 3.05) is 13.2 Å². The molecule has 0 aliphatic carbocycles. The molecule has 3 rings (SSSR count). The highest BCUT2D eigenvalue weighted by atomic mass is 32.2. The van der Waals surface area contributed by atoms with E-state index in [1.54, 1.807) is 16.4 Å². The summed E-state index contributed by atoms with van der Waals surface area (Å²) in [6.45, 7) is 0.995. The summed E-state index contributed by atoms with van der Waals surface area (Å²) in [5.74, 6) is 0. The van der Waals surface area contributed by atoms with E-state index in [1.165, 1.54) is 16.9 Å². The van der Waals surface area contributed by atoms with Gasteiger partial charge in [-0.25, -0.2) is 8.42 Å². The van der Waals surface area contributed by atoms with Crippen molar-refractivity contribution >= 4 is 21.4 Å². The van der Waals surface area contributed by atoms with Crippen LogP contribution in [0.15, 0.2) is 40.6 Å². The first-order valence-electron chi connectivity index (χ1n) is 6.88. The number of aliphatic hydroxyl groups excluding tert-OH is 1. The number of hydrogen-bond acceptors (Lipinski definition) is 4. The highest BCUT2D eigenvalue weighted by Crippen LogP contribution is 2.29. The Bertz CT molecular complexity index is 737. The third-order valence-corrected chi connectivity index (χ3v) is 7.14. The van der Waals surface area contributed by atoms with Crippen molar-refractivity contribution in [3.8, 4) is 0 Å². The number of rotatable bonds is 4. The Labute approximate surface area is 128 Å². The Hall–Kier alpha value is -1.21. The van der Waals surface area contributed by atoms with E-state index in [0.717, 1.165) is 16.9 Å². The molecule has 0 saturated heterocycles. The minimum Gasteiger partial charge on any atom is -0.396 e. The molecule has 0 amide bonds. The number of benzene rings is 1. The summed E-state index contributed by atoms with van der Waals surface area (Å²) in [6, 6.07) is 11.4. The van der Waals surface area contributed by atoms with Gasteiger partial charge >= 0.3 is 0 Å². The number of thiophene rings is 1. The van der Waals surface area contributed by atoms with Gasteiger partial charge in [0.1, 0.15) is 4.21 Å². The molecule has 0 saturated carbocycles. The van der Waals surface area contributed by atoms with Crippen molar-refractivity contribution in [1.29, 1.82) is 0 Å². The largest absolute Gasteiger partial charge is 0.396 e. The van der Waals surface area contributed by atoms with Crippen LogP contribution in [0.4, 0.5) is 0 Å². The Morgan fingerprint density at radius 2 is 1.90 bits per heavy atom. The fraction of sp³-hybridized carbons (Fsp3) is 0.333. The number of nitrogens with zero attached hydrogens (tertiary/aromatic N) is 1. The van der Waals surface area contributed by atoms with Crippen LogP contribution in [-0.4, -0.2) is 31.0 Å². The molecule has 6 heteroatoms. The van der Waals surface area contributed by atoms with Crippen molar-refractivity contribution in [1.82, 2.24) is 4.31 Å². The van der Waals surface area contributed by atoms with Gasteiger partial charge in [0.25, 0.3) is 10.0 Å². The van der Waals surface area contributed by atoms with E-state index in [2.05, 4.69) is 6.07 Å². The third-order valence-electron chi connectivity index (χ3n) is 3.68. The molecule has 0 radical (unpaired) electrons. The Morgan fingerprint density at radius 1 is 1.14 bits per heavy atom. The van der Waals surface area contributed by atoms with Crippen LogP contribution in [0.1, 0.15) is 16.0 Å². The van der Waals surface area contributed by atoms with Crippen LogP contribution in [0.5, 0.6) is 0 Å². The van der Waals surface area contributed by atoms with E-state index < -0.39 is 10.0 Å². The molecule has 2 aromatic rings. The topological polar surface area (TPSA) is 57.6 Å². The van der Waals surface area contributed by atoms with E-state index in [9.17, 15) is 8.42 Å². The normalized spacial score (nSPS) is 15.9. The predicted molar refractivity (Wildman–Crippen MR) is 82.9 cm³/mol. The van der Waals surface area contributed by atoms with Crippen LogP contribution in [-0.2, 0) is 29.4 Å². The summed E-state index contributed by atoms with van der Waals surface area (Å²) in [6.07, 6.45) is 1.26. The molecule has 112 valence electrons. The summed E-state index contributed by atoms with van der Waals surface area (Å²) in [4.78, 5) is 0.897. The quantitative estimate of drug-likeness (QED) is 0.936. The molecule has 4 nitrogen and oxygen atoms in total. The maximum absolute atomic E-state index is 12.7. The zero-order valence-electron chi connectivity index (χ0n) is 11.5. The van der Waals surface area contributed by atoms with E-state index in [-0.39, 0.29) is 6.61 Å². The van der Waals surface area contributed by atoms with Gasteiger partial charge < -0.3 is 5.11 Å². The van der Waals surface area contributed by atoms with Crippen LogP contribution in [0.2, 0.25) is 0 Å². The van der Waals surface area contributed by atoms with Gasteiger partial charge in [-0.3, -0.25) is 0 Å². The molecule has 1 aromatic heterocycles. The molecular weight excluding hydrogens is 306 g/mol. The standard InChI is InChI=1S/C15H17NO3S2/c17-10-8-14-5-6-15(20-14)21(18,19)16-9-7-12-3-1-2-4-13(12)11-16/h1-6,17H,7-11H2. The maximum Gasteiger partial charge on any atom is 0.252 e. The second-order valence-electron chi connectivity index (χ2n) is 5.05. The zero-order chi connectivity index (χ0) is 14.9. The van der Waals surface area contributed by atoms with Gasteiger partial charge in [-0.15, -0.1) is 11.3 Å². The molecule has 1 N–H and O–H groups in total. The number of hydrogen-bond donors (Lipinski definition) is 1. The third kappa shape index (κ3) is 2.89. The summed E-state index contributed by atoms with van der Waals surface area (Å²) in [7, 11) is -3.43. The number of fused-ring (bicyclic) bond motifs is 1. The maximum atomic E-state index is 12.7. The molecule has 0 atom stereocenters. The average Bonchev–Trinajstić information content (AvgIpc) is 2.96. The summed E-state index contributed by atoms with van der Waals surface area (Å²) in [5, 5.41) is 8.94. The zero-order valence-corrected chi connectivity index (χ0v) is 13.2. The first kappa shape index (κ1) is 14.7. The first-order valence-corrected chi connectivity index (χ1v) is 9.13. The molecular formula is C15H17NO3S2. The van der Waals surface area contributed by atoms with Gasteiger partial charge in [-0.05, 0) is 29.7 Å². The first-order chi connectivity index (χ1) is 10.1. The molecule has 0 bridgehead atoms. The van der Waals surface area contributed by atoms with Gasteiger partial charge in [0.15, 0.2) is 0 Å². The van der Waals surface area contributed by atoms with Crippen LogP contribution >= 0.6 is 11.3 Å². The fourth-order valence-electron chi connectivity index (χ4n) is 2.54. The smallest absolute Gasteiger partial charge is 0.252 e. The molecule has 1 aromatic carbocycles. The molecule has 0 unspecified atom stereocenters. The van der Waals surface area contributed by atoms with Crippen LogP contribution in [0.3, 0.4) is 0 Å². The van der Waals surface area contributed by atoms with Crippen molar-refractivity contribution in [3.05, 3.63) is 52.4 Å². The Kier molecular flexibility index (Phi) is 4.12. The van der Waals surface area contributed by atoms with Gasteiger partial charge in [0.05, 0.1) is 0 Å². The van der Waals surface area contributed by atoms with Gasteiger partial charge in [-0.1, -0.05) is 24.3 Å². The molecule has 0 spiro atoms. The summed E-state index contributed by atoms with van der Waals surface area (Å²) in [5.41, 5.74) is 2.32. The fourth-order valence-corrected chi connectivity index (χ4v) is 5.46. The molecule has 2 heterocycles. The van der Waals surface area contributed by atoms with E-state index in [0.29, 0.717) is 23.7 Å². The van der Waals surface area contributed by atoms with Crippen molar-refractivity contribution in [3.63, 3.8) is 0 Å². The highest BCUT2D eigenvalue weighted by Gasteiger charge is 2.29.